The summed E-state index contributed by atoms with van der Waals surface area (Å²) in [5.74, 6) is 5.66. The molecule has 0 bridgehead atoms. The van der Waals surface area contributed by atoms with Crippen LogP contribution in [0.4, 0.5) is 0 Å². The lowest BCUT2D eigenvalue weighted by Crippen LogP contribution is -2.57. The fourth-order valence-corrected chi connectivity index (χ4v) is 11.7. The molecule has 0 aromatic heterocycles. The summed E-state index contributed by atoms with van der Waals surface area (Å²) >= 11 is 0. The highest BCUT2D eigenvalue weighted by Gasteiger charge is 2.54. The highest BCUT2D eigenvalue weighted by Crippen LogP contribution is 2.54. The summed E-state index contributed by atoms with van der Waals surface area (Å²) in [7, 11) is 0. The fraction of sp³-hybridized carbons (Fsp3) is 1.00. The van der Waals surface area contributed by atoms with Gasteiger partial charge >= 0.3 is 0 Å². The molecule has 1 aliphatic heterocycles. The van der Waals surface area contributed by atoms with Gasteiger partial charge in [0.25, 0.3) is 0 Å². The topological polar surface area (TPSA) is 69.7 Å². The number of rotatable bonds is 12. The first-order valence-corrected chi connectivity index (χ1v) is 19.5. The first-order valence-electron chi connectivity index (χ1n) is 19.5. The second-order valence-corrected chi connectivity index (χ2v) is 16.7. The zero-order valence-electron chi connectivity index (χ0n) is 27.4. The van der Waals surface area contributed by atoms with Gasteiger partial charge in [-0.3, -0.25) is 0 Å². The fourth-order valence-electron chi connectivity index (χ4n) is 11.7. The van der Waals surface area contributed by atoms with E-state index in [0.717, 1.165) is 25.7 Å². The molecule has 8 aliphatic rings. The van der Waals surface area contributed by atoms with Gasteiger partial charge in [-0.25, -0.2) is 0 Å². The Balaban J connectivity index is 0.907. The van der Waals surface area contributed by atoms with Gasteiger partial charge in [-0.15, -0.1) is 0 Å². The number of hydrogen-bond donors (Lipinski definition) is 1. The van der Waals surface area contributed by atoms with Crippen LogP contribution in [0.3, 0.4) is 0 Å². The third kappa shape index (κ3) is 6.70. The molecule has 8 rings (SSSR count). The molecule has 250 valence electrons. The Morgan fingerprint density at radius 1 is 0.455 bits per heavy atom. The van der Waals surface area contributed by atoms with E-state index in [2.05, 4.69) is 0 Å². The van der Waals surface area contributed by atoms with E-state index >= 15 is 0 Å². The van der Waals surface area contributed by atoms with Crippen LogP contribution in [0.15, 0.2) is 0 Å². The van der Waals surface area contributed by atoms with Crippen LogP contribution in [-0.4, -0.2) is 74.8 Å². The van der Waals surface area contributed by atoms with E-state index in [1.165, 1.54) is 116 Å². The maximum Gasteiger partial charge on any atom is 0.104 e. The van der Waals surface area contributed by atoms with Crippen LogP contribution in [0, 0.1) is 53.3 Å². The van der Waals surface area contributed by atoms with Gasteiger partial charge in [0.05, 0.1) is 50.8 Å². The van der Waals surface area contributed by atoms with Gasteiger partial charge in [-0.2, -0.15) is 0 Å². The second-order valence-electron chi connectivity index (χ2n) is 16.7. The lowest BCUT2D eigenvalue weighted by atomic mass is 9.56. The van der Waals surface area contributed by atoms with Crippen LogP contribution >= 0.6 is 0 Å². The Hall–Kier alpha value is -0.240. The van der Waals surface area contributed by atoms with Crippen molar-refractivity contribution in [3.63, 3.8) is 0 Å². The summed E-state index contributed by atoms with van der Waals surface area (Å²) < 4.78 is 32.8. The number of aliphatic hydroxyl groups is 1. The van der Waals surface area contributed by atoms with Crippen molar-refractivity contribution in [2.75, 3.05) is 33.0 Å². The van der Waals surface area contributed by atoms with Gasteiger partial charge in [-0.1, -0.05) is 51.4 Å². The predicted octanol–water partition coefficient (Wildman–Crippen LogP) is 6.95. The zero-order valence-corrected chi connectivity index (χ0v) is 27.4. The quantitative estimate of drug-likeness (QED) is 0.240. The van der Waals surface area contributed by atoms with Crippen molar-refractivity contribution in [2.45, 2.75) is 152 Å². The third-order valence-electron chi connectivity index (χ3n) is 13.9. The van der Waals surface area contributed by atoms with Gasteiger partial charge < -0.3 is 28.8 Å². The van der Waals surface area contributed by atoms with E-state index in [-0.39, 0.29) is 12.2 Å². The average molecular weight is 615 g/mol. The Morgan fingerprint density at radius 2 is 0.773 bits per heavy atom. The monoisotopic (exact) mass is 614 g/mol. The molecular formula is C38H62O6. The summed E-state index contributed by atoms with van der Waals surface area (Å²) in [5.41, 5.74) is 0. The summed E-state index contributed by atoms with van der Waals surface area (Å²) in [5, 5.41) is 11.4. The molecular weight excluding hydrogens is 552 g/mol. The number of hydrogen-bond acceptors (Lipinski definition) is 6. The number of fused-ring (bicyclic) bond motifs is 4. The molecule has 0 aromatic rings. The standard InChI is InChI=1S/C38H62O6/c39-25(20-42-36-29-11-3-1-9-27(29)35(41-19-24-17-18-24)28-10-2-4-12-30(28)36)21-43-37-31-13-5-7-15-33(31)38(44-23-26-22-40-26)34-16-8-6-14-32(34)37/h24-39H,1-23H2. The lowest BCUT2D eigenvalue weighted by Gasteiger charge is -2.55. The molecule has 0 aromatic carbocycles. The molecule has 6 heteroatoms. The van der Waals surface area contributed by atoms with Crippen LogP contribution in [0.2, 0.25) is 0 Å². The number of epoxide rings is 1. The highest BCUT2D eigenvalue weighted by molar-refractivity contribution is 5.03. The maximum absolute atomic E-state index is 11.4. The molecule has 44 heavy (non-hydrogen) atoms. The largest absolute Gasteiger partial charge is 0.388 e. The van der Waals surface area contributed by atoms with Crippen molar-refractivity contribution in [1.82, 2.24) is 0 Å². The van der Waals surface area contributed by atoms with Gasteiger partial charge in [0.15, 0.2) is 0 Å². The lowest BCUT2D eigenvalue weighted by molar-refractivity contribution is -0.202. The Morgan fingerprint density at radius 3 is 1.09 bits per heavy atom. The van der Waals surface area contributed by atoms with E-state index in [0.29, 0.717) is 78.9 Å². The molecule has 0 spiro atoms. The molecule has 1 saturated heterocycles. The third-order valence-corrected chi connectivity index (χ3v) is 13.9. The minimum atomic E-state index is -0.548. The normalized spacial score (nSPS) is 47.5. The Labute approximate surface area is 267 Å². The maximum atomic E-state index is 11.4. The average Bonchev–Trinajstić information content (AvgIpc) is 4.00. The molecule has 1 heterocycles. The van der Waals surface area contributed by atoms with Crippen molar-refractivity contribution in [1.29, 1.82) is 0 Å². The van der Waals surface area contributed by atoms with E-state index in [1.807, 2.05) is 0 Å². The first kappa shape index (κ1) is 31.1. The van der Waals surface area contributed by atoms with Crippen LogP contribution in [-0.2, 0) is 23.7 Å². The van der Waals surface area contributed by atoms with Crippen molar-refractivity contribution in [3.05, 3.63) is 0 Å². The van der Waals surface area contributed by atoms with Crippen molar-refractivity contribution in [2.24, 2.45) is 53.3 Å². The van der Waals surface area contributed by atoms with Crippen LogP contribution < -0.4 is 0 Å². The summed E-state index contributed by atoms with van der Waals surface area (Å²) in [4.78, 5) is 0. The van der Waals surface area contributed by atoms with E-state index < -0.39 is 6.10 Å². The van der Waals surface area contributed by atoms with Gasteiger partial charge in [0.1, 0.15) is 12.2 Å². The predicted molar refractivity (Wildman–Crippen MR) is 169 cm³/mol. The zero-order chi connectivity index (χ0) is 29.5. The van der Waals surface area contributed by atoms with Crippen LogP contribution in [0.5, 0.6) is 0 Å². The molecule has 0 radical (unpaired) electrons. The Kier molecular flexibility index (Phi) is 9.94. The SMILES string of the molecule is OC(COC1C2CCCCC2C(OCC2CC2)C2CCCCC21)COC1C2CCCCC2C(OCC2CO2)C2CCCCC21. The van der Waals surface area contributed by atoms with Crippen LogP contribution in [0.1, 0.15) is 116 Å². The number of aliphatic hydroxyl groups excluding tert-OH is 1. The molecule has 10 unspecified atom stereocenters. The Bertz CT molecular complexity index is 801. The van der Waals surface area contributed by atoms with Crippen molar-refractivity contribution >= 4 is 0 Å². The van der Waals surface area contributed by atoms with Crippen molar-refractivity contribution in [3.8, 4) is 0 Å². The molecule has 10 atom stereocenters. The molecule has 7 aliphatic carbocycles. The van der Waals surface area contributed by atoms with Gasteiger partial charge in [0.2, 0.25) is 0 Å². The van der Waals surface area contributed by atoms with Gasteiger partial charge in [0, 0.05) is 6.61 Å². The molecule has 0 amide bonds. The highest BCUT2D eigenvalue weighted by atomic mass is 16.6. The van der Waals surface area contributed by atoms with E-state index in [4.69, 9.17) is 23.7 Å². The second kappa shape index (κ2) is 14.1. The van der Waals surface area contributed by atoms with E-state index in [1.54, 1.807) is 0 Å². The minimum absolute atomic E-state index is 0.266. The molecule has 7 saturated carbocycles. The van der Waals surface area contributed by atoms with Crippen molar-refractivity contribution < 1.29 is 28.8 Å². The smallest absolute Gasteiger partial charge is 0.104 e. The van der Waals surface area contributed by atoms with Crippen LogP contribution in [0.25, 0.3) is 0 Å². The number of ether oxygens (including phenoxy) is 5. The molecule has 8 fully saturated rings. The molecule has 6 nitrogen and oxygen atoms in total. The summed E-state index contributed by atoms with van der Waals surface area (Å²) in [6.45, 7) is 3.48. The first-order chi connectivity index (χ1) is 21.7. The molecule has 1 N–H and O–H groups in total. The van der Waals surface area contributed by atoms with Gasteiger partial charge in [-0.05, 0) is 117 Å². The van der Waals surface area contributed by atoms with E-state index in [9.17, 15) is 5.11 Å². The summed E-state index contributed by atoms with van der Waals surface area (Å²) in [6, 6.07) is 0. The minimum Gasteiger partial charge on any atom is -0.388 e. The summed E-state index contributed by atoms with van der Waals surface area (Å²) in [6.07, 6.45) is 24.7.